The van der Waals surface area contributed by atoms with Crippen LogP contribution in [0.5, 0.6) is 0 Å². The van der Waals surface area contributed by atoms with Crippen LogP contribution in [0.1, 0.15) is 0 Å². The van der Waals surface area contributed by atoms with Crippen LogP contribution in [-0.2, 0) is 0 Å². The van der Waals surface area contributed by atoms with E-state index >= 15 is 0 Å². The van der Waals surface area contributed by atoms with Crippen molar-refractivity contribution in [3.8, 4) is 11.4 Å². The van der Waals surface area contributed by atoms with Gasteiger partial charge in [0.2, 0.25) is 0 Å². The molecule has 0 bridgehead atoms. The Kier molecular flexibility index (Phi) is 1.49. The van der Waals surface area contributed by atoms with Gasteiger partial charge in [0, 0.05) is 16.6 Å². The van der Waals surface area contributed by atoms with Crippen LogP contribution in [0, 0.1) is 0 Å². The zero-order valence-corrected chi connectivity index (χ0v) is 7.73. The lowest BCUT2D eigenvalue weighted by Crippen LogP contribution is -1.88. The third kappa shape index (κ3) is 1.15. The Balaban J connectivity index is 2.29. The van der Waals surface area contributed by atoms with Crippen molar-refractivity contribution >= 4 is 16.6 Å². The maximum Gasteiger partial charge on any atom is 0.155 e. The summed E-state index contributed by atoms with van der Waals surface area (Å²) in [5, 5.41) is 14.3. The van der Waals surface area contributed by atoms with Crippen LogP contribution >= 0.6 is 0 Å². The van der Waals surface area contributed by atoms with Gasteiger partial charge in [0.05, 0.1) is 11.7 Å². The minimum atomic E-state index is 0.674. The largest absolute Gasteiger partial charge is 0.398 e. The first-order chi connectivity index (χ1) is 7.34. The van der Waals surface area contributed by atoms with Gasteiger partial charge < -0.3 is 5.73 Å². The Labute approximate surface area is 84.5 Å². The van der Waals surface area contributed by atoms with Gasteiger partial charge in [-0.1, -0.05) is 0 Å². The van der Waals surface area contributed by atoms with Crippen molar-refractivity contribution in [3.63, 3.8) is 0 Å². The van der Waals surface area contributed by atoms with Gasteiger partial charge in [0.25, 0.3) is 0 Å². The molecular weight excluding hydrogens is 192 g/mol. The molecule has 0 atom stereocenters. The summed E-state index contributed by atoms with van der Waals surface area (Å²) in [6.07, 6.45) is 3.16. The quantitative estimate of drug-likeness (QED) is 0.509. The highest BCUT2D eigenvalue weighted by atomic mass is 15.2. The topological polar surface area (TPSA) is 96.3 Å². The van der Waals surface area contributed by atoms with Crippen LogP contribution in [0.2, 0.25) is 0 Å². The van der Waals surface area contributed by atoms with E-state index < -0.39 is 0 Å². The first kappa shape index (κ1) is 7.98. The lowest BCUT2D eigenvalue weighted by molar-refractivity contribution is 1.09. The number of hydrogen-bond donors (Lipinski definition) is 3. The van der Waals surface area contributed by atoms with Gasteiger partial charge in [-0.2, -0.15) is 10.2 Å². The number of rotatable bonds is 1. The Morgan fingerprint density at radius 3 is 2.87 bits per heavy atom. The summed E-state index contributed by atoms with van der Waals surface area (Å²) in [5.74, 6) is 0.693. The van der Waals surface area contributed by atoms with Crippen molar-refractivity contribution in [2.75, 3.05) is 5.73 Å². The van der Waals surface area contributed by atoms with Crippen LogP contribution in [-0.4, -0.2) is 25.4 Å². The number of aromatic amines is 2. The number of nitrogens with one attached hydrogen (secondary N) is 2. The van der Waals surface area contributed by atoms with Crippen LogP contribution in [0.4, 0.5) is 5.69 Å². The smallest absolute Gasteiger partial charge is 0.155 e. The highest BCUT2D eigenvalue weighted by Crippen LogP contribution is 2.25. The van der Waals surface area contributed by atoms with Gasteiger partial charge in [-0.15, -0.1) is 0 Å². The second-order valence-corrected chi connectivity index (χ2v) is 3.23. The van der Waals surface area contributed by atoms with Crippen LogP contribution in [0.3, 0.4) is 0 Å². The molecule has 2 aromatic heterocycles. The number of hydrogen-bond acceptors (Lipinski definition) is 4. The van der Waals surface area contributed by atoms with Gasteiger partial charge >= 0.3 is 0 Å². The molecule has 0 aliphatic rings. The van der Waals surface area contributed by atoms with Crippen molar-refractivity contribution in [3.05, 3.63) is 24.7 Å². The summed E-state index contributed by atoms with van der Waals surface area (Å²) < 4.78 is 0. The second-order valence-electron chi connectivity index (χ2n) is 3.23. The molecular formula is C9H8N6. The van der Waals surface area contributed by atoms with Crippen LogP contribution in [0.25, 0.3) is 22.3 Å². The summed E-state index contributed by atoms with van der Waals surface area (Å²) in [7, 11) is 0. The lowest BCUT2D eigenvalue weighted by Gasteiger charge is -1.99. The second kappa shape index (κ2) is 2.81. The number of fused-ring (bicyclic) bond motifs is 1. The molecule has 0 amide bonds. The molecule has 0 radical (unpaired) electrons. The van der Waals surface area contributed by atoms with E-state index in [1.165, 1.54) is 6.33 Å². The monoisotopic (exact) mass is 200 g/mol. The Bertz CT molecular complexity index is 594. The third-order valence-electron chi connectivity index (χ3n) is 2.28. The number of nitrogens with two attached hydrogens (primary N) is 1. The molecule has 3 aromatic rings. The molecule has 4 N–H and O–H groups in total. The predicted octanol–water partition coefficient (Wildman–Crippen LogP) is 0.930. The van der Waals surface area contributed by atoms with E-state index in [9.17, 15) is 0 Å². The Morgan fingerprint density at radius 1 is 1.13 bits per heavy atom. The standard InChI is InChI=1S/C9H8N6/c10-7-1-5(9-11-4-13-15-9)2-8-6(7)3-12-14-8/h1-4H,10H2,(H,12,14)(H,11,13,15). The summed E-state index contributed by atoms with van der Waals surface area (Å²) >= 11 is 0. The summed E-state index contributed by atoms with van der Waals surface area (Å²) in [6, 6.07) is 3.78. The molecule has 0 fully saturated rings. The lowest BCUT2D eigenvalue weighted by atomic mass is 10.1. The molecule has 0 saturated heterocycles. The first-order valence-electron chi connectivity index (χ1n) is 4.43. The van der Waals surface area contributed by atoms with Crippen molar-refractivity contribution in [1.82, 2.24) is 25.4 Å². The maximum absolute atomic E-state index is 5.89. The SMILES string of the molecule is Nc1cc(-c2ncn[nH]2)cc2[nH]ncc12. The van der Waals surface area contributed by atoms with E-state index in [0.717, 1.165) is 16.5 Å². The highest BCUT2D eigenvalue weighted by molar-refractivity contribution is 5.93. The molecule has 0 saturated carbocycles. The highest BCUT2D eigenvalue weighted by Gasteiger charge is 2.06. The molecule has 15 heavy (non-hydrogen) atoms. The summed E-state index contributed by atoms with van der Waals surface area (Å²) in [4.78, 5) is 4.06. The molecule has 0 aliphatic heterocycles. The number of H-pyrrole nitrogens is 2. The fraction of sp³-hybridized carbons (Fsp3) is 0. The molecule has 0 spiro atoms. The minimum absolute atomic E-state index is 0.674. The molecule has 6 heteroatoms. The number of nitrogen functional groups attached to an aromatic ring is 1. The Morgan fingerprint density at radius 2 is 2.07 bits per heavy atom. The van der Waals surface area contributed by atoms with Crippen LogP contribution in [0.15, 0.2) is 24.7 Å². The van der Waals surface area contributed by atoms with Crippen molar-refractivity contribution < 1.29 is 0 Å². The number of nitrogens with zero attached hydrogens (tertiary/aromatic N) is 3. The number of benzene rings is 1. The zero-order valence-electron chi connectivity index (χ0n) is 7.73. The minimum Gasteiger partial charge on any atom is -0.398 e. The normalized spacial score (nSPS) is 10.9. The number of aromatic nitrogens is 5. The first-order valence-corrected chi connectivity index (χ1v) is 4.43. The molecule has 0 unspecified atom stereocenters. The zero-order chi connectivity index (χ0) is 10.3. The van der Waals surface area contributed by atoms with Crippen molar-refractivity contribution in [2.24, 2.45) is 0 Å². The average Bonchev–Trinajstić information content (AvgIpc) is 2.88. The molecule has 74 valence electrons. The predicted molar refractivity (Wildman–Crippen MR) is 55.9 cm³/mol. The fourth-order valence-electron chi connectivity index (χ4n) is 1.56. The third-order valence-corrected chi connectivity index (χ3v) is 2.28. The van der Waals surface area contributed by atoms with E-state index in [0.29, 0.717) is 11.5 Å². The maximum atomic E-state index is 5.89. The van der Waals surface area contributed by atoms with Gasteiger partial charge in [-0.25, -0.2) is 4.98 Å². The fourth-order valence-corrected chi connectivity index (χ4v) is 1.56. The van der Waals surface area contributed by atoms with Gasteiger partial charge in [0.1, 0.15) is 6.33 Å². The summed E-state index contributed by atoms with van der Waals surface area (Å²) in [5.41, 5.74) is 8.34. The molecule has 3 rings (SSSR count). The molecule has 0 aliphatic carbocycles. The average molecular weight is 200 g/mol. The van der Waals surface area contributed by atoms with Crippen LogP contribution < -0.4 is 5.73 Å². The van der Waals surface area contributed by atoms with Crippen molar-refractivity contribution in [1.29, 1.82) is 0 Å². The molecule has 6 nitrogen and oxygen atoms in total. The van der Waals surface area contributed by atoms with E-state index in [2.05, 4.69) is 25.4 Å². The van der Waals surface area contributed by atoms with Gasteiger partial charge in [-0.05, 0) is 12.1 Å². The summed E-state index contributed by atoms with van der Waals surface area (Å²) in [6.45, 7) is 0. The van der Waals surface area contributed by atoms with E-state index in [-0.39, 0.29) is 0 Å². The Hall–Kier alpha value is -2.37. The van der Waals surface area contributed by atoms with Gasteiger partial charge in [-0.3, -0.25) is 10.2 Å². The molecule has 1 aromatic carbocycles. The van der Waals surface area contributed by atoms with E-state index in [1.54, 1.807) is 6.20 Å². The van der Waals surface area contributed by atoms with Crippen molar-refractivity contribution in [2.45, 2.75) is 0 Å². The molecule has 2 heterocycles. The van der Waals surface area contributed by atoms with E-state index in [4.69, 9.17) is 5.73 Å². The number of anilines is 1. The van der Waals surface area contributed by atoms with Gasteiger partial charge in [0.15, 0.2) is 5.82 Å². The van der Waals surface area contributed by atoms with E-state index in [1.807, 2.05) is 12.1 Å².